The first-order chi connectivity index (χ1) is 13.8. The second-order valence-corrected chi connectivity index (χ2v) is 7.14. The Labute approximate surface area is 167 Å². The van der Waals surface area contributed by atoms with Crippen LogP contribution in [0.1, 0.15) is 36.9 Å². The Morgan fingerprint density at radius 1 is 1.28 bits per heavy atom. The Morgan fingerprint density at radius 2 is 2.00 bits per heavy atom. The third-order valence-electron chi connectivity index (χ3n) is 5.40. The van der Waals surface area contributed by atoms with Crippen molar-refractivity contribution in [3.63, 3.8) is 0 Å². The molecule has 0 aromatic heterocycles. The van der Waals surface area contributed by atoms with Crippen molar-refractivity contribution in [2.24, 2.45) is 5.73 Å². The maximum Gasteiger partial charge on any atom is 0.408 e. The van der Waals surface area contributed by atoms with Crippen LogP contribution in [-0.4, -0.2) is 34.7 Å². The molecule has 0 unspecified atom stereocenters. The van der Waals surface area contributed by atoms with E-state index in [0.29, 0.717) is 35.5 Å². The van der Waals surface area contributed by atoms with Gasteiger partial charge in [0, 0.05) is 5.56 Å². The van der Waals surface area contributed by atoms with Crippen LogP contribution in [-0.2, 0) is 11.4 Å². The Balaban J connectivity index is 1.86. The Bertz CT molecular complexity index is 935. The first-order valence-electron chi connectivity index (χ1n) is 9.14. The second kappa shape index (κ2) is 7.98. The molecule has 0 spiro atoms. The molecule has 0 radical (unpaired) electrons. The van der Waals surface area contributed by atoms with Gasteiger partial charge in [-0.2, -0.15) is 0 Å². The summed E-state index contributed by atoms with van der Waals surface area (Å²) in [7, 11) is 1.46. The SMILES string of the molecule is COc1cc([C@H]2CC[C@@](C)(C(N)=O)N2C(=O)O)ccc1OCc1ccccc1F. The number of primary amides is 1. The molecule has 0 saturated carbocycles. The van der Waals surface area contributed by atoms with E-state index < -0.39 is 23.6 Å². The third kappa shape index (κ3) is 3.83. The molecule has 2 atom stereocenters. The van der Waals surface area contributed by atoms with Crippen LogP contribution < -0.4 is 15.2 Å². The summed E-state index contributed by atoms with van der Waals surface area (Å²) >= 11 is 0. The number of amides is 2. The topological polar surface area (TPSA) is 102 Å². The van der Waals surface area contributed by atoms with Crippen molar-refractivity contribution in [3.05, 3.63) is 59.4 Å². The van der Waals surface area contributed by atoms with E-state index in [2.05, 4.69) is 0 Å². The molecule has 0 aliphatic carbocycles. The highest BCUT2D eigenvalue weighted by Crippen LogP contribution is 2.44. The summed E-state index contributed by atoms with van der Waals surface area (Å²) in [5.41, 5.74) is 5.26. The molecule has 1 saturated heterocycles. The number of hydrogen-bond acceptors (Lipinski definition) is 4. The summed E-state index contributed by atoms with van der Waals surface area (Å²) in [6.45, 7) is 1.55. The number of methoxy groups -OCH3 is 1. The average Bonchev–Trinajstić information content (AvgIpc) is 3.06. The average molecular weight is 402 g/mol. The van der Waals surface area contributed by atoms with Crippen molar-refractivity contribution in [3.8, 4) is 11.5 Å². The number of rotatable bonds is 6. The highest BCUT2D eigenvalue weighted by atomic mass is 19.1. The Kier molecular flexibility index (Phi) is 5.63. The zero-order chi connectivity index (χ0) is 21.2. The van der Waals surface area contributed by atoms with Crippen molar-refractivity contribution in [2.45, 2.75) is 38.0 Å². The molecule has 154 valence electrons. The number of likely N-dealkylation sites (tertiary alicyclic amines) is 1. The lowest BCUT2D eigenvalue weighted by atomic mass is 9.98. The van der Waals surface area contributed by atoms with Crippen molar-refractivity contribution in [1.29, 1.82) is 0 Å². The number of halogens is 1. The second-order valence-electron chi connectivity index (χ2n) is 7.14. The fourth-order valence-electron chi connectivity index (χ4n) is 3.69. The van der Waals surface area contributed by atoms with Gasteiger partial charge in [0.1, 0.15) is 18.0 Å². The number of carboxylic acid groups (broad SMARTS) is 1. The molecule has 2 aromatic carbocycles. The van der Waals surface area contributed by atoms with Gasteiger partial charge < -0.3 is 20.3 Å². The number of nitrogens with two attached hydrogens (primary N) is 1. The van der Waals surface area contributed by atoms with Crippen molar-refractivity contribution < 1.29 is 28.6 Å². The van der Waals surface area contributed by atoms with E-state index in [-0.39, 0.29) is 12.4 Å². The molecular weight excluding hydrogens is 379 g/mol. The van der Waals surface area contributed by atoms with Crippen LogP contribution in [0.2, 0.25) is 0 Å². The molecule has 1 fully saturated rings. The van der Waals surface area contributed by atoms with Crippen molar-refractivity contribution in [1.82, 2.24) is 4.90 Å². The van der Waals surface area contributed by atoms with Crippen LogP contribution in [0.4, 0.5) is 9.18 Å². The molecule has 2 aromatic rings. The zero-order valence-corrected chi connectivity index (χ0v) is 16.2. The summed E-state index contributed by atoms with van der Waals surface area (Å²) in [4.78, 5) is 24.8. The van der Waals surface area contributed by atoms with Gasteiger partial charge in [0.05, 0.1) is 13.2 Å². The number of carbonyl (C=O) groups excluding carboxylic acids is 1. The normalized spacial score (nSPS) is 21.1. The zero-order valence-electron chi connectivity index (χ0n) is 16.2. The first-order valence-corrected chi connectivity index (χ1v) is 9.14. The maximum atomic E-state index is 13.8. The van der Waals surface area contributed by atoms with Gasteiger partial charge in [-0.3, -0.25) is 9.69 Å². The Hall–Kier alpha value is -3.29. The largest absolute Gasteiger partial charge is 0.493 e. The molecule has 1 aliphatic rings. The van der Waals surface area contributed by atoms with Gasteiger partial charge in [-0.05, 0) is 43.5 Å². The van der Waals surface area contributed by atoms with Gasteiger partial charge in [-0.25, -0.2) is 9.18 Å². The number of hydrogen-bond donors (Lipinski definition) is 2. The molecule has 1 aliphatic heterocycles. The fourth-order valence-corrected chi connectivity index (χ4v) is 3.69. The molecule has 1 heterocycles. The van der Waals surface area contributed by atoms with Crippen LogP contribution in [0, 0.1) is 5.82 Å². The minimum absolute atomic E-state index is 0.0206. The highest BCUT2D eigenvalue weighted by Gasteiger charge is 2.50. The summed E-state index contributed by atoms with van der Waals surface area (Å²) in [6, 6.07) is 10.8. The first kappa shape index (κ1) is 20.4. The van der Waals surface area contributed by atoms with E-state index in [1.165, 1.54) is 20.1 Å². The van der Waals surface area contributed by atoms with Crippen molar-refractivity contribution in [2.75, 3.05) is 7.11 Å². The van der Waals surface area contributed by atoms with Gasteiger partial charge in [-0.1, -0.05) is 24.3 Å². The number of benzene rings is 2. The van der Waals surface area contributed by atoms with Gasteiger partial charge in [0.15, 0.2) is 11.5 Å². The van der Waals surface area contributed by atoms with Crippen LogP contribution in [0.15, 0.2) is 42.5 Å². The third-order valence-corrected chi connectivity index (χ3v) is 5.40. The van der Waals surface area contributed by atoms with Crippen LogP contribution >= 0.6 is 0 Å². The van der Waals surface area contributed by atoms with Gasteiger partial charge in [0.2, 0.25) is 5.91 Å². The Morgan fingerprint density at radius 3 is 2.62 bits per heavy atom. The number of ether oxygens (including phenoxy) is 2. The fraction of sp³-hybridized carbons (Fsp3) is 0.333. The minimum atomic E-state index is -1.27. The molecular formula is C21H23FN2O5. The van der Waals surface area contributed by atoms with Crippen LogP contribution in [0.3, 0.4) is 0 Å². The van der Waals surface area contributed by atoms with E-state index in [1.54, 1.807) is 36.4 Å². The monoisotopic (exact) mass is 402 g/mol. The molecule has 0 bridgehead atoms. The van der Waals surface area contributed by atoms with Crippen molar-refractivity contribution >= 4 is 12.0 Å². The summed E-state index contributed by atoms with van der Waals surface area (Å²) in [5, 5.41) is 9.67. The molecule has 7 nitrogen and oxygen atoms in total. The number of carbonyl (C=O) groups is 2. The lowest BCUT2D eigenvalue weighted by Crippen LogP contribution is -2.54. The summed E-state index contributed by atoms with van der Waals surface area (Å²) in [6.07, 6.45) is -0.440. The summed E-state index contributed by atoms with van der Waals surface area (Å²) < 4.78 is 24.9. The summed E-state index contributed by atoms with van der Waals surface area (Å²) in [5.74, 6) is -0.259. The molecule has 3 N–H and O–H groups in total. The van der Waals surface area contributed by atoms with E-state index in [4.69, 9.17) is 15.2 Å². The molecule has 29 heavy (non-hydrogen) atoms. The van der Waals surface area contributed by atoms with Gasteiger partial charge >= 0.3 is 6.09 Å². The van der Waals surface area contributed by atoms with Crippen LogP contribution in [0.25, 0.3) is 0 Å². The molecule has 8 heteroatoms. The predicted molar refractivity (Wildman–Crippen MR) is 103 cm³/mol. The van der Waals surface area contributed by atoms with Crippen LogP contribution in [0.5, 0.6) is 11.5 Å². The lowest BCUT2D eigenvalue weighted by Gasteiger charge is -2.34. The van der Waals surface area contributed by atoms with E-state index in [0.717, 1.165) is 4.90 Å². The predicted octanol–water partition coefficient (Wildman–Crippen LogP) is 3.47. The van der Waals surface area contributed by atoms with E-state index in [1.807, 2.05) is 0 Å². The highest BCUT2D eigenvalue weighted by molar-refractivity contribution is 5.88. The quantitative estimate of drug-likeness (QED) is 0.770. The van der Waals surface area contributed by atoms with E-state index >= 15 is 0 Å². The molecule has 3 rings (SSSR count). The van der Waals surface area contributed by atoms with Gasteiger partial charge in [-0.15, -0.1) is 0 Å². The standard InChI is InChI=1S/C21H23FN2O5/c1-21(19(23)25)10-9-16(24(21)20(26)27)13-7-8-17(18(11-13)28-2)29-12-14-5-3-4-6-15(14)22/h3-8,11,16H,9-10,12H2,1-2H3,(H2,23,25)(H,26,27)/t16-,21+/m1/s1. The maximum absolute atomic E-state index is 13.8. The smallest absolute Gasteiger partial charge is 0.408 e. The lowest BCUT2D eigenvalue weighted by molar-refractivity contribution is -0.127. The van der Waals surface area contributed by atoms with Gasteiger partial charge in [0.25, 0.3) is 0 Å². The van der Waals surface area contributed by atoms with E-state index in [9.17, 15) is 19.1 Å². The number of nitrogens with zero attached hydrogens (tertiary/aromatic N) is 1. The minimum Gasteiger partial charge on any atom is -0.493 e. The molecule has 2 amide bonds.